The largest absolute Gasteiger partial charge is 0.391 e. The molecule has 0 aromatic carbocycles. The third kappa shape index (κ3) is 3.97. The number of amides is 2. The number of aliphatic hydroxyl groups excluding tert-OH is 1. The number of hydrogen-bond acceptors (Lipinski definition) is 3. The number of urea groups is 1. The summed E-state index contributed by atoms with van der Waals surface area (Å²) in [7, 11) is 0. The Balaban J connectivity index is 1.93. The van der Waals surface area contributed by atoms with Crippen LogP contribution in [0.15, 0.2) is 6.07 Å². The fourth-order valence-electron chi connectivity index (χ4n) is 2.77. The van der Waals surface area contributed by atoms with E-state index in [4.69, 9.17) is 0 Å². The Hall–Kier alpha value is -1.56. The van der Waals surface area contributed by atoms with Gasteiger partial charge >= 0.3 is 6.03 Å². The summed E-state index contributed by atoms with van der Waals surface area (Å²) in [6, 6.07) is 1.72. The molecule has 0 radical (unpaired) electrons. The zero-order chi connectivity index (χ0) is 15.4. The quantitative estimate of drug-likeness (QED) is 0.798. The summed E-state index contributed by atoms with van der Waals surface area (Å²) in [5.41, 5.74) is 1.03. The molecule has 0 saturated heterocycles. The Morgan fingerprint density at radius 3 is 2.90 bits per heavy atom. The molecule has 1 aliphatic rings. The minimum atomic E-state index is -0.441. The van der Waals surface area contributed by atoms with Crippen LogP contribution in [0.3, 0.4) is 0 Å². The average Bonchev–Trinajstić information content (AvgIpc) is 2.81. The fraction of sp³-hybridized carbons (Fsp3) is 0.733. The topological polar surface area (TPSA) is 79.2 Å². The van der Waals surface area contributed by atoms with E-state index in [2.05, 4.69) is 29.6 Å². The molecule has 0 bridgehead atoms. The molecule has 0 unspecified atom stereocenters. The van der Waals surface area contributed by atoms with E-state index in [9.17, 15) is 9.90 Å². The van der Waals surface area contributed by atoms with Crippen LogP contribution >= 0.6 is 0 Å². The summed E-state index contributed by atoms with van der Waals surface area (Å²) in [5.74, 6) is 0.551. The lowest BCUT2D eigenvalue weighted by Crippen LogP contribution is -2.46. The Morgan fingerprint density at radius 1 is 1.52 bits per heavy atom. The van der Waals surface area contributed by atoms with Gasteiger partial charge in [0.2, 0.25) is 0 Å². The van der Waals surface area contributed by atoms with Gasteiger partial charge in [-0.3, -0.25) is 10.00 Å². The maximum absolute atomic E-state index is 12.0. The van der Waals surface area contributed by atoms with Crippen LogP contribution in [0, 0.1) is 6.92 Å². The Labute approximate surface area is 125 Å². The summed E-state index contributed by atoms with van der Waals surface area (Å²) in [6.07, 6.45) is 4.21. The molecule has 1 aromatic rings. The first-order valence-electron chi connectivity index (χ1n) is 7.83. The van der Waals surface area contributed by atoms with E-state index in [-0.39, 0.29) is 12.1 Å². The van der Waals surface area contributed by atoms with Crippen LogP contribution in [0.4, 0.5) is 10.6 Å². The van der Waals surface area contributed by atoms with E-state index in [0.29, 0.717) is 11.9 Å². The van der Waals surface area contributed by atoms with Crippen molar-refractivity contribution >= 4 is 11.8 Å². The van der Waals surface area contributed by atoms with Gasteiger partial charge in [-0.1, -0.05) is 19.8 Å². The highest BCUT2D eigenvalue weighted by molar-refractivity contribution is 5.88. The van der Waals surface area contributed by atoms with E-state index in [1.54, 1.807) is 0 Å². The molecule has 6 heteroatoms. The molecule has 0 spiro atoms. The van der Waals surface area contributed by atoms with Crippen molar-refractivity contribution in [2.75, 3.05) is 5.32 Å². The van der Waals surface area contributed by atoms with Crippen LogP contribution in [-0.2, 0) is 0 Å². The number of aliphatic hydroxyl groups is 1. The molecule has 2 rings (SSSR count). The van der Waals surface area contributed by atoms with Crippen LogP contribution in [0.2, 0.25) is 0 Å². The van der Waals surface area contributed by atoms with Crippen molar-refractivity contribution in [2.45, 2.75) is 71.1 Å². The molecule has 6 nitrogen and oxygen atoms in total. The summed E-state index contributed by atoms with van der Waals surface area (Å²) < 4.78 is 1.92. The van der Waals surface area contributed by atoms with Crippen molar-refractivity contribution in [1.82, 2.24) is 15.1 Å². The second kappa shape index (κ2) is 6.93. The molecule has 1 aromatic heterocycles. The molecule has 3 atom stereocenters. The highest BCUT2D eigenvalue weighted by atomic mass is 16.3. The maximum Gasteiger partial charge on any atom is 0.320 e. The second-order valence-corrected chi connectivity index (χ2v) is 5.93. The number of rotatable bonds is 4. The number of aryl methyl sites for hydroxylation is 1. The van der Waals surface area contributed by atoms with Crippen LogP contribution in [0.5, 0.6) is 0 Å². The summed E-state index contributed by atoms with van der Waals surface area (Å²) in [6.45, 7) is 6.19. The maximum atomic E-state index is 12.0. The van der Waals surface area contributed by atoms with Crippen molar-refractivity contribution in [3.05, 3.63) is 11.8 Å². The molecular weight excluding hydrogens is 268 g/mol. The molecule has 2 amide bonds. The van der Waals surface area contributed by atoms with Crippen molar-refractivity contribution < 1.29 is 9.90 Å². The number of nitrogens with one attached hydrogen (secondary N) is 2. The number of nitrogens with zero attached hydrogens (tertiary/aromatic N) is 2. The number of carbonyl (C=O) groups excluding carboxylic acids is 1. The molecular formula is C15H26N4O2. The molecule has 118 valence electrons. The van der Waals surface area contributed by atoms with Gasteiger partial charge in [0.1, 0.15) is 0 Å². The normalized spacial score (nSPS) is 23.6. The van der Waals surface area contributed by atoms with E-state index < -0.39 is 6.10 Å². The standard InChI is InChI=1S/C15H26N4O2/c1-4-10(2)19-11(3)9-14(18-19)17-15(21)16-12-7-5-6-8-13(12)20/h9-10,12-13,20H,4-8H2,1-3H3,(H2,16,17,18,21)/t10-,12-,13-/m0/s1. The van der Waals surface area contributed by atoms with Gasteiger partial charge in [0, 0.05) is 17.8 Å². The zero-order valence-electron chi connectivity index (χ0n) is 13.1. The van der Waals surface area contributed by atoms with Gasteiger partial charge in [-0.05, 0) is 33.1 Å². The number of hydrogen-bond donors (Lipinski definition) is 3. The van der Waals surface area contributed by atoms with E-state index in [1.165, 1.54) is 0 Å². The van der Waals surface area contributed by atoms with Crippen molar-refractivity contribution in [3.8, 4) is 0 Å². The summed E-state index contributed by atoms with van der Waals surface area (Å²) >= 11 is 0. The lowest BCUT2D eigenvalue weighted by atomic mass is 9.93. The third-order valence-corrected chi connectivity index (χ3v) is 4.22. The van der Waals surface area contributed by atoms with Crippen LogP contribution in [0.1, 0.15) is 57.7 Å². The van der Waals surface area contributed by atoms with Crippen molar-refractivity contribution in [1.29, 1.82) is 0 Å². The zero-order valence-corrected chi connectivity index (χ0v) is 13.1. The number of aromatic nitrogens is 2. The number of anilines is 1. The molecule has 3 N–H and O–H groups in total. The molecule has 21 heavy (non-hydrogen) atoms. The van der Waals surface area contributed by atoms with Crippen molar-refractivity contribution in [2.24, 2.45) is 0 Å². The van der Waals surface area contributed by atoms with Gasteiger partial charge in [-0.25, -0.2) is 4.79 Å². The third-order valence-electron chi connectivity index (χ3n) is 4.22. The van der Waals surface area contributed by atoms with E-state index >= 15 is 0 Å². The molecule has 0 aliphatic heterocycles. The fourth-order valence-corrected chi connectivity index (χ4v) is 2.77. The highest BCUT2D eigenvalue weighted by Crippen LogP contribution is 2.19. The molecule has 1 aliphatic carbocycles. The number of carbonyl (C=O) groups is 1. The monoisotopic (exact) mass is 294 g/mol. The summed E-state index contributed by atoms with van der Waals surface area (Å²) in [5, 5.41) is 19.9. The predicted octanol–water partition coefficient (Wildman–Crippen LogP) is 2.59. The minimum absolute atomic E-state index is 0.156. The van der Waals surface area contributed by atoms with Gasteiger partial charge in [-0.15, -0.1) is 0 Å². The van der Waals surface area contributed by atoms with E-state index in [0.717, 1.165) is 37.8 Å². The first-order valence-corrected chi connectivity index (χ1v) is 7.83. The van der Waals surface area contributed by atoms with Gasteiger partial charge in [0.25, 0.3) is 0 Å². The Morgan fingerprint density at radius 2 is 2.24 bits per heavy atom. The van der Waals surface area contributed by atoms with Crippen molar-refractivity contribution in [3.63, 3.8) is 0 Å². The van der Waals surface area contributed by atoms with Crippen LogP contribution < -0.4 is 10.6 Å². The predicted molar refractivity (Wildman–Crippen MR) is 82.4 cm³/mol. The van der Waals surface area contributed by atoms with Gasteiger partial charge < -0.3 is 10.4 Å². The first kappa shape index (κ1) is 15.8. The molecule has 1 saturated carbocycles. The lowest BCUT2D eigenvalue weighted by molar-refractivity contribution is 0.0955. The first-order chi connectivity index (χ1) is 10.0. The Bertz CT molecular complexity index is 486. The molecule has 1 heterocycles. The van der Waals surface area contributed by atoms with Gasteiger partial charge in [0.05, 0.1) is 12.1 Å². The Kier molecular flexibility index (Phi) is 5.22. The summed E-state index contributed by atoms with van der Waals surface area (Å²) in [4.78, 5) is 12.0. The van der Waals surface area contributed by atoms with Crippen LogP contribution in [-0.4, -0.2) is 33.1 Å². The average molecular weight is 294 g/mol. The van der Waals surface area contributed by atoms with Gasteiger partial charge in [-0.2, -0.15) is 5.10 Å². The SMILES string of the molecule is CC[C@H](C)n1nc(NC(=O)N[C@H]2CCCC[C@@H]2O)cc1C. The minimum Gasteiger partial charge on any atom is -0.391 e. The highest BCUT2D eigenvalue weighted by Gasteiger charge is 2.24. The lowest BCUT2D eigenvalue weighted by Gasteiger charge is -2.28. The second-order valence-electron chi connectivity index (χ2n) is 5.93. The van der Waals surface area contributed by atoms with E-state index in [1.807, 2.05) is 17.7 Å². The van der Waals surface area contributed by atoms with Gasteiger partial charge in [0.15, 0.2) is 5.82 Å². The molecule has 1 fully saturated rings. The van der Waals surface area contributed by atoms with Crippen LogP contribution in [0.25, 0.3) is 0 Å². The smallest absolute Gasteiger partial charge is 0.320 e.